The first-order valence-electron chi connectivity index (χ1n) is 12.5. The van der Waals surface area contributed by atoms with Gasteiger partial charge in [-0.05, 0) is 81.0 Å². The normalized spacial score (nSPS) is 17.7. The van der Waals surface area contributed by atoms with Gasteiger partial charge in [0.15, 0.2) is 5.82 Å². The quantitative estimate of drug-likeness (QED) is 0.503. The molecule has 1 aliphatic rings. The molecular formula is C26H38N6O2. The Morgan fingerprint density at radius 2 is 2.03 bits per heavy atom. The number of aromatic nitrogens is 5. The standard InChI is InChI=1S/C26H38N6O2/c1-7-22(24-28-29-30-32(24)26(5,6)8-2)31(16-20-10-9-13-34-20)15-19-14-21-17(3)11-12-18(4)23(21)27-25(19)33/h11-12,14,20,22H,7-10,13,15-16H2,1-6H3,(H,27,33). The molecule has 2 aromatic heterocycles. The fourth-order valence-corrected chi connectivity index (χ4v) is 4.89. The van der Waals surface area contributed by atoms with E-state index in [4.69, 9.17) is 4.74 Å². The number of pyridine rings is 1. The predicted molar refractivity (Wildman–Crippen MR) is 134 cm³/mol. The SMILES string of the molecule is CCC(c1nnnn1C(C)(C)CC)N(Cc1cc2c(C)ccc(C)c2[nH]c1=O)CC1CCCO1. The molecule has 0 aliphatic carbocycles. The number of aromatic amines is 1. The van der Waals surface area contributed by atoms with E-state index >= 15 is 0 Å². The third-order valence-electron chi connectivity index (χ3n) is 7.41. The Balaban J connectivity index is 1.75. The van der Waals surface area contributed by atoms with Crippen LogP contribution in [0.4, 0.5) is 0 Å². The van der Waals surface area contributed by atoms with E-state index < -0.39 is 0 Å². The molecule has 4 rings (SSSR count). The summed E-state index contributed by atoms with van der Waals surface area (Å²) in [5.41, 5.74) is 3.67. The maximum absolute atomic E-state index is 13.2. The number of hydrogen-bond donors (Lipinski definition) is 1. The molecule has 1 saturated heterocycles. The summed E-state index contributed by atoms with van der Waals surface area (Å²) in [4.78, 5) is 18.7. The number of H-pyrrole nitrogens is 1. The highest BCUT2D eigenvalue weighted by atomic mass is 16.5. The molecule has 0 spiro atoms. The summed E-state index contributed by atoms with van der Waals surface area (Å²) in [6, 6.07) is 6.20. The number of nitrogens with one attached hydrogen (secondary N) is 1. The Kier molecular flexibility index (Phi) is 7.19. The van der Waals surface area contributed by atoms with E-state index in [1.54, 1.807) is 0 Å². The number of fused-ring (bicyclic) bond motifs is 1. The average molecular weight is 467 g/mol. The summed E-state index contributed by atoms with van der Waals surface area (Å²) >= 11 is 0. The van der Waals surface area contributed by atoms with Gasteiger partial charge in [0.1, 0.15) is 0 Å². The second kappa shape index (κ2) is 9.96. The van der Waals surface area contributed by atoms with Crippen LogP contribution in [0.2, 0.25) is 0 Å². The fraction of sp³-hybridized carbons (Fsp3) is 0.615. The predicted octanol–water partition coefficient (Wildman–Crippen LogP) is 4.41. The van der Waals surface area contributed by atoms with E-state index in [9.17, 15) is 4.79 Å². The van der Waals surface area contributed by atoms with Crippen molar-refractivity contribution in [2.75, 3.05) is 13.2 Å². The van der Waals surface area contributed by atoms with Gasteiger partial charge in [0.25, 0.3) is 5.56 Å². The highest BCUT2D eigenvalue weighted by Crippen LogP contribution is 2.30. The van der Waals surface area contributed by atoms with Crippen molar-refractivity contribution in [3.05, 3.63) is 51.1 Å². The minimum atomic E-state index is -0.198. The van der Waals surface area contributed by atoms with Gasteiger partial charge in [0.2, 0.25) is 0 Å². The molecule has 0 radical (unpaired) electrons. The molecule has 8 nitrogen and oxygen atoms in total. The van der Waals surface area contributed by atoms with E-state index in [0.717, 1.165) is 72.3 Å². The average Bonchev–Trinajstić information content (AvgIpc) is 3.50. The largest absolute Gasteiger partial charge is 0.377 e. The van der Waals surface area contributed by atoms with Gasteiger partial charge in [0.05, 0.1) is 23.2 Å². The maximum atomic E-state index is 13.2. The van der Waals surface area contributed by atoms with Crippen molar-refractivity contribution in [3.8, 4) is 0 Å². The number of hydrogen-bond acceptors (Lipinski definition) is 6. The van der Waals surface area contributed by atoms with E-state index in [1.165, 1.54) is 0 Å². The zero-order chi connectivity index (χ0) is 24.5. The minimum Gasteiger partial charge on any atom is -0.377 e. The van der Waals surface area contributed by atoms with Crippen molar-refractivity contribution in [1.29, 1.82) is 0 Å². The van der Waals surface area contributed by atoms with Crippen LogP contribution >= 0.6 is 0 Å². The number of aryl methyl sites for hydroxylation is 2. The van der Waals surface area contributed by atoms with Crippen molar-refractivity contribution in [2.24, 2.45) is 0 Å². The summed E-state index contributed by atoms with van der Waals surface area (Å²) in [7, 11) is 0. The zero-order valence-corrected chi connectivity index (χ0v) is 21.4. The zero-order valence-electron chi connectivity index (χ0n) is 21.4. The van der Waals surface area contributed by atoms with Crippen LogP contribution in [0.3, 0.4) is 0 Å². The minimum absolute atomic E-state index is 0.0290. The first-order valence-corrected chi connectivity index (χ1v) is 12.5. The number of rotatable bonds is 9. The summed E-state index contributed by atoms with van der Waals surface area (Å²) < 4.78 is 7.96. The molecule has 8 heteroatoms. The monoisotopic (exact) mass is 466 g/mol. The van der Waals surface area contributed by atoms with Crippen LogP contribution in [-0.4, -0.2) is 49.3 Å². The lowest BCUT2D eigenvalue weighted by Gasteiger charge is -2.34. The first kappa shape index (κ1) is 24.5. The lowest BCUT2D eigenvalue weighted by molar-refractivity contribution is 0.0475. The van der Waals surface area contributed by atoms with Gasteiger partial charge in [-0.25, -0.2) is 4.68 Å². The van der Waals surface area contributed by atoms with Crippen molar-refractivity contribution in [1.82, 2.24) is 30.1 Å². The molecule has 0 bridgehead atoms. The topological polar surface area (TPSA) is 88.9 Å². The van der Waals surface area contributed by atoms with Gasteiger partial charge >= 0.3 is 0 Å². The van der Waals surface area contributed by atoms with Gasteiger partial charge in [-0.15, -0.1) is 5.10 Å². The number of nitrogens with zero attached hydrogens (tertiary/aromatic N) is 5. The van der Waals surface area contributed by atoms with E-state index in [0.29, 0.717) is 6.54 Å². The Bertz CT molecular complexity index is 1190. The Hall–Kier alpha value is -2.58. The second-order valence-electron chi connectivity index (χ2n) is 10.2. The highest BCUT2D eigenvalue weighted by molar-refractivity contribution is 5.85. The van der Waals surface area contributed by atoms with Gasteiger partial charge < -0.3 is 9.72 Å². The van der Waals surface area contributed by atoms with Crippen LogP contribution in [0.5, 0.6) is 0 Å². The molecule has 3 heterocycles. The molecule has 1 aliphatic heterocycles. The first-order chi connectivity index (χ1) is 16.2. The van der Waals surface area contributed by atoms with Crippen LogP contribution in [-0.2, 0) is 16.8 Å². The second-order valence-corrected chi connectivity index (χ2v) is 10.2. The van der Waals surface area contributed by atoms with Gasteiger partial charge in [-0.1, -0.05) is 26.0 Å². The fourth-order valence-electron chi connectivity index (χ4n) is 4.89. The van der Waals surface area contributed by atoms with Gasteiger partial charge in [-0.3, -0.25) is 9.69 Å². The third-order valence-corrected chi connectivity index (χ3v) is 7.41. The molecule has 1 aromatic carbocycles. The van der Waals surface area contributed by atoms with Crippen molar-refractivity contribution >= 4 is 10.9 Å². The molecule has 34 heavy (non-hydrogen) atoms. The third kappa shape index (κ3) is 4.79. The van der Waals surface area contributed by atoms with E-state index in [-0.39, 0.29) is 23.2 Å². The molecule has 2 atom stereocenters. The lowest BCUT2D eigenvalue weighted by atomic mass is 10.0. The smallest absolute Gasteiger partial charge is 0.252 e. The van der Waals surface area contributed by atoms with E-state index in [1.807, 2.05) is 11.6 Å². The van der Waals surface area contributed by atoms with Crippen LogP contribution in [0.1, 0.15) is 81.9 Å². The Morgan fingerprint density at radius 1 is 1.26 bits per heavy atom. The summed E-state index contributed by atoms with van der Waals surface area (Å²) in [6.07, 6.45) is 4.00. The number of ether oxygens (including phenoxy) is 1. The lowest BCUT2D eigenvalue weighted by Crippen LogP contribution is -2.39. The molecule has 1 N–H and O–H groups in total. The summed E-state index contributed by atoms with van der Waals surface area (Å²) in [5, 5.41) is 14.0. The number of benzene rings is 1. The van der Waals surface area contributed by atoms with Crippen LogP contribution in [0, 0.1) is 13.8 Å². The highest BCUT2D eigenvalue weighted by Gasteiger charge is 2.32. The van der Waals surface area contributed by atoms with Crippen LogP contribution in [0.15, 0.2) is 23.0 Å². The molecule has 1 fully saturated rings. The number of tetrazole rings is 1. The van der Waals surface area contributed by atoms with Crippen LogP contribution in [0.25, 0.3) is 10.9 Å². The van der Waals surface area contributed by atoms with Crippen molar-refractivity contribution in [3.63, 3.8) is 0 Å². The molecule has 184 valence electrons. The van der Waals surface area contributed by atoms with E-state index in [2.05, 4.69) is 78.2 Å². The maximum Gasteiger partial charge on any atom is 0.252 e. The summed E-state index contributed by atoms with van der Waals surface area (Å²) in [6.45, 7) is 14.8. The van der Waals surface area contributed by atoms with Gasteiger partial charge in [0, 0.05) is 30.6 Å². The molecule has 0 saturated carbocycles. The van der Waals surface area contributed by atoms with Crippen LogP contribution < -0.4 is 5.56 Å². The molecule has 2 unspecified atom stereocenters. The molecule has 0 amide bonds. The summed E-state index contributed by atoms with van der Waals surface area (Å²) in [5.74, 6) is 0.844. The van der Waals surface area contributed by atoms with Crippen molar-refractivity contribution < 1.29 is 4.74 Å². The van der Waals surface area contributed by atoms with Gasteiger partial charge in [-0.2, -0.15) is 0 Å². The Labute approximate surface area is 201 Å². The molecule has 3 aromatic rings. The molecular weight excluding hydrogens is 428 g/mol. The van der Waals surface area contributed by atoms with Crippen molar-refractivity contribution in [2.45, 2.75) is 91.5 Å². The Morgan fingerprint density at radius 3 is 2.71 bits per heavy atom.